The molecule has 0 heterocycles. The molecule has 1 aromatic carbocycles. The van der Waals surface area contributed by atoms with Crippen molar-refractivity contribution in [3.05, 3.63) is 29.3 Å². The first-order chi connectivity index (χ1) is 8.13. The van der Waals surface area contributed by atoms with Crippen molar-refractivity contribution in [2.45, 2.75) is 19.9 Å². The van der Waals surface area contributed by atoms with Gasteiger partial charge in [0.2, 0.25) is 0 Å². The Morgan fingerprint density at radius 3 is 2.76 bits per heavy atom. The van der Waals surface area contributed by atoms with Gasteiger partial charge in [-0.15, -0.1) is 0 Å². The number of rotatable bonds is 7. The van der Waals surface area contributed by atoms with Crippen LogP contribution >= 0.6 is 0 Å². The SMILES string of the molecule is COc1ccc(CNCCCS(C)=O)cc1C. The first-order valence-corrected chi connectivity index (χ1v) is 7.50. The maximum absolute atomic E-state index is 10.9. The second kappa shape index (κ2) is 7.45. The summed E-state index contributed by atoms with van der Waals surface area (Å²) >= 11 is 0. The zero-order valence-electron chi connectivity index (χ0n) is 10.8. The van der Waals surface area contributed by atoms with Crippen molar-refractivity contribution in [3.63, 3.8) is 0 Å². The lowest BCUT2D eigenvalue weighted by atomic mass is 10.1. The minimum absolute atomic E-state index is 0.678. The Bertz CT molecular complexity index is 380. The molecule has 1 atom stereocenters. The third kappa shape index (κ3) is 5.33. The van der Waals surface area contributed by atoms with E-state index < -0.39 is 10.8 Å². The van der Waals surface area contributed by atoms with Crippen molar-refractivity contribution in [3.8, 4) is 5.75 Å². The highest BCUT2D eigenvalue weighted by Crippen LogP contribution is 2.18. The van der Waals surface area contributed by atoms with Gasteiger partial charge >= 0.3 is 0 Å². The molecule has 17 heavy (non-hydrogen) atoms. The van der Waals surface area contributed by atoms with Crippen LogP contribution in [-0.2, 0) is 17.3 Å². The van der Waals surface area contributed by atoms with Crippen LogP contribution in [0.3, 0.4) is 0 Å². The number of nitrogens with one attached hydrogen (secondary N) is 1. The molecule has 4 heteroatoms. The van der Waals surface area contributed by atoms with Gasteiger partial charge < -0.3 is 10.1 Å². The lowest BCUT2D eigenvalue weighted by Gasteiger charge is -2.08. The van der Waals surface area contributed by atoms with Gasteiger partial charge in [-0.25, -0.2) is 0 Å². The number of benzene rings is 1. The van der Waals surface area contributed by atoms with Crippen LogP contribution in [0.2, 0.25) is 0 Å². The summed E-state index contributed by atoms with van der Waals surface area (Å²) in [7, 11) is 1.01. The van der Waals surface area contributed by atoms with E-state index in [9.17, 15) is 4.21 Å². The monoisotopic (exact) mass is 255 g/mol. The molecule has 0 bridgehead atoms. The molecular weight excluding hydrogens is 234 g/mol. The van der Waals surface area contributed by atoms with Gasteiger partial charge in [0.15, 0.2) is 0 Å². The quantitative estimate of drug-likeness (QED) is 0.756. The highest BCUT2D eigenvalue weighted by Gasteiger charge is 1.99. The first-order valence-electron chi connectivity index (χ1n) is 5.77. The largest absolute Gasteiger partial charge is 0.496 e. The molecule has 0 amide bonds. The van der Waals surface area contributed by atoms with E-state index in [0.717, 1.165) is 36.6 Å². The molecule has 0 aliphatic heterocycles. The van der Waals surface area contributed by atoms with Crippen molar-refractivity contribution >= 4 is 10.8 Å². The van der Waals surface area contributed by atoms with Crippen molar-refractivity contribution in [1.29, 1.82) is 0 Å². The molecule has 0 saturated heterocycles. The normalized spacial score (nSPS) is 12.4. The maximum atomic E-state index is 10.9. The fourth-order valence-electron chi connectivity index (χ4n) is 1.68. The van der Waals surface area contributed by atoms with Crippen LogP contribution in [0.5, 0.6) is 5.75 Å². The third-order valence-electron chi connectivity index (χ3n) is 2.57. The van der Waals surface area contributed by atoms with Gasteiger partial charge in [-0.05, 0) is 37.1 Å². The van der Waals surface area contributed by atoms with Crippen LogP contribution in [0.1, 0.15) is 17.5 Å². The molecule has 0 fully saturated rings. The molecule has 0 aromatic heterocycles. The van der Waals surface area contributed by atoms with Crippen LogP contribution in [0.25, 0.3) is 0 Å². The molecule has 0 saturated carbocycles. The molecular formula is C13H21NO2S. The standard InChI is InChI=1S/C13H21NO2S/c1-11-9-12(5-6-13(11)16-2)10-14-7-4-8-17(3)15/h5-6,9,14H,4,7-8,10H2,1-3H3. The Kier molecular flexibility index (Phi) is 6.22. The fraction of sp³-hybridized carbons (Fsp3) is 0.538. The summed E-state index contributed by atoms with van der Waals surface area (Å²) in [6.07, 6.45) is 2.70. The Balaban J connectivity index is 2.32. The molecule has 1 rings (SSSR count). The zero-order valence-corrected chi connectivity index (χ0v) is 11.6. The summed E-state index contributed by atoms with van der Waals surface area (Å²) in [5.74, 6) is 1.70. The first kappa shape index (κ1) is 14.2. The van der Waals surface area contributed by atoms with Crippen molar-refractivity contribution in [1.82, 2.24) is 5.32 Å². The minimum Gasteiger partial charge on any atom is -0.496 e. The van der Waals surface area contributed by atoms with Gasteiger partial charge in [-0.3, -0.25) is 4.21 Å². The van der Waals surface area contributed by atoms with E-state index in [-0.39, 0.29) is 0 Å². The van der Waals surface area contributed by atoms with Crippen LogP contribution in [0, 0.1) is 6.92 Å². The predicted molar refractivity (Wildman–Crippen MR) is 73.0 cm³/mol. The molecule has 0 spiro atoms. The van der Waals surface area contributed by atoms with E-state index in [1.807, 2.05) is 13.0 Å². The van der Waals surface area contributed by atoms with Gasteiger partial charge in [0, 0.05) is 29.4 Å². The Labute approximate surface area is 106 Å². The number of hydrogen-bond acceptors (Lipinski definition) is 3. The molecule has 0 aliphatic rings. The van der Waals surface area contributed by atoms with Crippen LogP contribution in [0.15, 0.2) is 18.2 Å². The molecule has 0 radical (unpaired) electrons. The zero-order chi connectivity index (χ0) is 12.7. The Morgan fingerprint density at radius 2 is 2.18 bits per heavy atom. The highest BCUT2D eigenvalue weighted by molar-refractivity contribution is 7.84. The molecule has 96 valence electrons. The second-order valence-corrected chi connectivity index (χ2v) is 5.67. The smallest absolute Gasteiger partial charge is 0.121 e. The van der Waals surface area contributed by atoms with E-state index >= 15 is 0 Å². The van der Waals surface area contributed by atoms with E-state index in [4.69, 9.17) is 4.74 Å². The fourth-order valence-corrected chi connectivity index (χ4v) is 2.23. The van der Waals surface area contributed by atoms with Crippen LogP contribution in [0.4, 0.5) is 0 Å². The van der Waals surface area contributed by atoms with Gasteiger partial charge in [0.05, 0.1) is 7.11 Å². The second-order valence-electron chi connectivity index (χ2n) is 4.11. The average molecular weight is 255 g/mol. The molecule has 1 N–H and O–H groups in total. The van der Waals surface area contributed by atoms with E-state index in [1.54, 1.807) is 13.4 Å². The molecule has 1 aromatic rings. The maximum Gasteiger partial charge on any atom is 0.121 e. The van der Waals surface area contributed by atoms with Gasteiger partial charge in [0.25, 0.3) is 0 Å². The highest BCUT2D eigenvalue weighted by atomic mass is 32.2. The Hall–Kier alpha value is -0.870. The summed E-state index contributed by atoms with van der Waals surface area (Å²) < 4.78 is 16.1. The predicted octanol–water partition coefficient (Wildman–Crippen LogP) is 1.86. The number of aryl methyl sites for hydroxylation is 1. The topological polar surface area (TPSA) is 38.3 Å². The lowest BCUT2D eigenvalue weighted by Crippen LogP contribution is -2.16. The van der Waals surface area contributed by atoms with Crippen LogP contribution in [-0.4, -0.2) is 29.9 Å². The minimum atomic E-state index is -0.678. The van der Waals surface area contributed by atoms with Gasteiger partial charge in [0.1, 0.15) is 5.75 Å². The van der Waals surface area contributed by atoms with Crippen molar-refractivity contribution < 1.29 is 8.95 Å². The summed E-state index contributed by atoms with van der Waals surface area (Å²) in [6, 6.07) is 6.19. The van der Waals surface area contributed by atoms with E-state index in [1.165, 1.54) is 5.56 Å². The Morgan fingerprint density at radius 1 is 1.41 bits per heavy atom. The third-order valence-corrected chi connectivity index (χ3v) is 3.44. The van der Waals surface area contributed by atoms with E-state index in [0.29, 0.717) is 0 Å². The summed E-state index contributed by atoms with van der Waals surface area (Å²) in [5, 5.41) is 3.35. The number of ether oxygens (including phenoxy) is 1. The van der Waals surface area contributed by atoms with Crippen LogP contribution < -0.4 is 10.1 Å². The lowest BCUT2D eigenvalue weighted by molar-refractivity contribution is 0.411. The van der Waals surface area contributed by atoms with E-state index in [2.05, 4.69) is 17.4 Å². The van der Waals surface area contributed by atoms with Crippen molar-refractivity contribution in [2.24, 2.45) is 0 Å². The number of methoxy groups -OCH3 is 1. The average Bonchev–Trinajstić information content (AvgIpc) is 2.28. The number of hydrogen-bond donors (Lipinski definition) is 1. The molecule has 3 nitrogen and oxygen atoms in total. The molecule has 0 aliphatic carbocycles. The molecule has 1 unspecified atom stereocenters. The van der Waals surface area contributed by atoms with Gasteiger partial charge in [-0.1, -0.05) is 12.1 Å². The summed E-state index contributed by atoms with van der Waals surface area (Å²) in [4.78, 5) is 0. The van der Waals surface area contributed by atoms with Crippen molar-refractivity contribution in [2.75, 3.05) is 25.7 Å². The van der Waals surface area contributed by atoms with Gasteiger partial charge in [-0.2, -0.15) is 0 Å². The summed E-state index contributed by atoms with van der Waals surface area (Å²) in [5.41, 5.74) is 2.40. The summed E-state index contributed by atoms with van der Waals surface area (Å²) in [6.45, 7) is 3.80.